The van der Waals surface area contributed by atoms with Gasteiger partial charge in [0.15, 0.2) is 5.78 Å². The molecule has 0 radical (unpaired) electrons. The molecule has 3 nitrogen and oxygen atoms in total. The first-order chi connectivity index (χ1) is 13.8. The second-order valence-corrected chi connectivity index (χ2v) is 9.60. The van der Waals surface area contributed by atoms with E-state index in [0.29, 0.717) is 29.8 Å². The average molecular weight is 393 g/mol. The van der Waals surface area contributed by atoms with Crippen molar-refractivity contribution >= 4 is 11.6 Å². The minimum Gasteiger partial charge on any atom is -0.382 e. The van der Waals surface area contributed by atoms with Crippen LogP contribution in [0.5, 0.6) is 0 Å². The maximum absolute atomic E-state index is 12.3. The molecule has 0 aromatic carbocycles. The number of allylic oxidation sites excluding steroid dienone is 8. The summed E-state index contributed by atoms with van der Waals surface area (Å²) in [5.41, 5.74) is 3.64. The van der Waals surface area contributed by atoms with Gasteiger partial charge >= 0.3 is 0 Å². The normalized spacial score (nSPS) is 34.5. The average Bonchev–Trinajstić information content (AvgIpc) is 2.85. The van der Waals surface area contributed by atoms with E-state index in [1.54, 1.807) is 24.6 Å². The molecule has 0 spiro atoms. The van der Waals surface area contributed by atoms with Crippen LogP contribution in [-0.4, -0.2) is 22.3 Å². The summed E-state index contributed by atoms with van der Waals surface area (Å²) in [5, 5.41) is 9.34. The van der Waals surface area contributed by atoms with Gasteiger partial charge in [-0.25, -0.2) is 0 Å². The van der Waals surface area contributed by atoms with Crippen LogP contribution in [-0.2, 0) is 9.59 Å². The number of fused-ring (bicyclic) bond motifs is 4. The predicted molar refractivity (Wildman–Crippen MR) is 115 cm³/mol. The molecule has 2 fully saturated rings. The molecule has 0 saturated heterocycles. The molecule has 5 aliphatic carbocycles. The Hall–Kier alpha value is -2.00. The minimum absolute atomic E-state index is 0.0412. The van der Waals surface area contributed by atoms with E-state index in [1.165, 1.54) is 11.1 Å². The van der Waals surface area contributed by atoms with Gasteiger partial charge in [0.2, 0.25) is 0 Å². The van der Waals surface area contributed by atoms with Crippen molar-refractivity contribution in [1.82, 2.24) is 0 Å². The van der Waals surface area contributed by atoms with Gasteiger partial charge in [-0.15, -0.1) is 0 Å². The number of hydrogen-bond acceptors (Lipinski definition) is 3. The van der Waals surface area contributed by atoms with E-state index in [2.05, 4.69) is 6.92 Å². The quantitative estimate of drug-likeness (QED) is 0.618. The van der Waals surface area contributed by atoms with E-state index in [-0.39, 0.29) is 5.41 Å². The molecule has 1 N–H and O–H groups in total. The number of Topliss-reactive ketones (excluding diaryl/α,β-unsaturated/α-hetero) is 1. The number of ketones is 2. The van der Waals surface area contributed by atoms with Gasteiger partial charge in [0.25, 0.3) is 0 Å². The molecule has 3 heteroatoms. The Balaban J connectivity index is 0.000000192. The molecule has 3 unspecified atom stereocenters. The zero-order chi connectivity index (χ0) is 20.6. The van der Waals surface area contributed by atoms with Crippen LogP contribution in [0.1, 0.15) is 65.2 Å². The number of carbonyl (C=O) groups is 2. The monoisotopic (exact) mass is 392 g/mol. The molecular weight excluding hydrogens is 360 g/mol. The van der Waals surface area contributed by atoms with Crippen LogP contribution in [0.2, 0.25) is 0 Å². The molecule has 5 aliphatic rings. The molecule has 29 heavy (non-hydrogen) atoms. The van der Waals surface area contributed by atoms with Gasteiger partial charge in [-0.1, -0.05) is 36.8 Å². The summed E-state index contributed by atoms with van der Waals surface area (Å²) >= 11 is 0. The SMILES string of the molecule is CC1(O)C=CC=CC=C1.CC12CCC3=C4CCC(=O)C=C4CCC3C1CCC2=O. The van der Waals surface area contributed by atoms with E-state index >= 15 is 0 Å². The molecule has 0 heterocycles. The molecule has 5 rings (SSSR count). The van der Waals surface area contributed by atoms with Gasteiger partial charge in [-0.05, 0) is 86.7 Å². The molecule has 3 atom stereocenters. The van der Waals surface area contributed by atoms with Crippen molar-refractivity contribution in [3.05, 3.63) is 59.3 Å². The molecule has 0 amide bonds. The van der Waals surface area contributed by atoms with Crippen LogP contribution in [0.15, 0.2) is 59.3 Å². The van der Waals surface area contributed by atoms with Crippen LogP contribution in [0.3, 0.4) is 0 Å². The molecule has 2 saturated carbocycles. The lowest BCUT2D eigenvalue weighted by molar-refractivity contribution is -0.128. The summed E-state index contributed by atoms with van der Waals surface area (Å²) in [4.78, 5) is 23.9. The summed E-state index contributed by atoms with van der Waals surface area (Å²) in [6.07, 6.45) is 20.7. The van der Waals surface area contributed by atoms with E-state index in [0.717, 1.165) is 44.9 Å². The standard InChI is InChI=1S/C18H22O2.C8H10O/c1-18-9-8-14-13-5-3-12(19)10-11(13)2-4-15(14)16(18)6-7-17(18)20;1-8(9)6-4-2-3-5-7-8/h10,15-16H,2-9H2,1H3;2-7,9H,1H3. The fourth-order valence-corrected chi connectivity index (χ4v) is 5.99. The fourth-order valence-electron chi connectivity index (χ4n) is 5.99. The lowest BCUT2D eigenvalue weighted by atomic mass is 9.57. The second kappa shape index (κ2) is 7.68. The molecular formula is C26H32O3. The lowest BCUT2D eigenvalue weighted by Gasteiger charge is -2.46. The van der Waals surface area contributed by atoms with E-state index in [1.807, 2.05) is 30.4 Å². The Morgan fingerprint density at radius 1 is 0.897 bits per heavy atom. The highest BCUT2D eigenvalue weighted by Crippen LogP contribution is 2.58. The summed E-state index contributed by atoms with van der Waals surface area (Å²) < 4.78 is 0. The van der Waals surface area contributed by atoms with Gasteiger partial charge in [-0.3, -0.25) is 9.59 Å². The van der Waals surface area contributed by atoms with Crippen molar-refractivity contribution in [2.24, 2.45) is 17.3 Å². The van der Waals surface area contributed by atoms with Crippen molar-refractivity contribution in [2.75, 3.05) is 0 Å². The molecule has 0 aromatic rings. The highest BCUT2D eigenvalue weighted by Gasteiger charge is 2.53. The van der Waals surface area contributed by atoms with E-state index in [4.69, 9.17) is 0 Å². The minimum atomic E-state index is -0.760. The van der Waals surface area contributed by atoms with Crippen LogP contribution < -0.4 is 0 Å². The van der Waals surface area contributed by atoms with Crippen molar-refractivity contribution in [3.8, 4) is 0 Å². The Morgan fingerprint density at radius 2 is 1.62 bits per heavy atom. The molecule has 154 valence electrons. The number of aliphatic hydroxyl groups is 1. The van der Waals surface area contributed by atoms with Gasteiger partial charge in [0.05, 0.1) is 5.60 Å². The Morgan fingerprint density at radius 3 is 2.34 bits per heavy atom. The molecule has 0 aromatic heterocycles. The molecule has 0 bridgehead atoms. The van der Waals surface area contributed by atoms with Crippen LogP contribution in [0.25, 0.3) is 0 Å². The van der Waals surface area contributed by atoms with Gasteiger partial charge in [0.1, 0.15) is 5.78 Å². The second-order valence-electron chi connectivity index (χ2n) is 9.60. The highest BCUT2D eigenvalue weighted by atomic mass is 16.3. The van der Waals surface area contributed by atoms with Crippen molar-refractivity contribution < 1.29 is 14.7 Å². The third-order valence-corrected chi connectivity index (χ3v) is 7.64. The third-order valence-electron chi connectivity index (χ3n) is 7.64. The van der Waals surface area contributed by atoms with Gasteiger partial charge < -0.3 is 5.11 Å². The summed E-state index contributed by atoms with van der Waals surface area (Å²) in [5.74, 6) is 2.01. The smallest absolute Gasteiger partial charge is 0.156 e. The van der Waals surface area contributed by atoms with Crippen molar-refractivity contribution in [3.63, 3.8) is 0 Å². The van der Waals surface area contributed by atoms with Gasteiger partial charge in [0, 0.05) is 18.3 Å². The summed E-state index contributed by atoms with van der Waals surface area (Å²) in [6.45, 7) is 3.96. The van der Waals surface area contributed by atoms with Crippen LogP contribution in [0.4, 0.5) is 0 Å². The fraction of sp³-hybridized carbons (Fsp3) is 0.538. The number of rotatable bonds is 0. The number of carbonyl (C=O) groups excluding carboxylic acids is 2. The third kappa shape index (κ3) is 3.90. The first-order valence-corrected chi connectivity index (χ1v) is 11.1. The van der Waals surface area contributed by atoms with Crippen LogP contribution in [0, 0.1) is 17.3 Å². The van der Waals surface area contributed by atoms with E-state index in [9.17, 15) is 14.7 Å². The Kier molecular flexibility index (Phi) is 5.37. The first-order valence-electron chi connectivity index (χ1n) is 11.1. The number of hydrogen-bond donors (Lipinski definition) is 1. The molecule has 0 aliphatic heterocycles. The largest absolute Gasteiger partial charge is 0.382 e. The lowest BCUT2D eigenvalue weighted by Crippen LogP contribution is -2.40. The summed E-state index contributed by atoms with van der Waals surface area (Å²) in [7, 11) is 0. The van der Waals surface area contributed by atoms with Gasteiger partial charge in [-0.2, -0.15) is 0 Å². The first kappa shape index (κ1) is 20.3. The Bertz CT molecular complexity index is 846. The maximum atomic E-state index is 12.3. The predicted octanol–water partition coefficient (Wildman–Crippen LogP) is 5.18. The Labute approximate surface area is 174 Å². The maximum Gasteiger partial charge on any atom is 0.156 e. The highest BCUT2D eigenvalue weighted by molar-refractivity contribution is 5.93. The zero-order valence-corrected chi connectivity index (χ0v) is 17.6. The van der Waals surface area contributed by atoms with Crippen LogP contribution >= 0.6 is 0 Å². The van der Waals surface area contributed by atoms with Crippen molar-refractivity contribution in [1.29, 1.82) is 0 Å². The van der Waals surface area contributed by atoms with Crippen molar-refractivity contribution in [2.45, 2.75) is 70.8 Å². The topological polar surface area (TPSA) is 54.4 Å². The van der Waals surface area contributed by atoms with E-state index < -0.39 is 5.60 Å². The summed E-state index contributed by atoms with van der Waals surface area (Å²) in [6, 6.07) is 0. The zero-order valence-electron chi connectivity index (χ0n) is 17.6.